The van der Waals surface area contributed by atoms with Crippen LogP contribution in [0.25, 0.3) is 0 Å². The third-order valence-corrected chi connectivity index (χ3v) is 4.69. The van der Waals surface area contributed by atoms with Crippen molar-refractivity contribution in [2.24, 2.45) is 0 Å². The maximum atomic E-state index is 12.4. The molecule has 114 valence electrons. The van der Waals surface area contributed by atoms with Crippen molar-refractivity contribution in [1.82, 2.24) is 10.2 Å². The number of carbonyl (C=O) groups is 1. The fourth-order valence-electron chi connectivity index (χ4n) is 3.41. The molecule has 21 heavy (non-hydrogen) atoms. The van der Waals surface area contributed by atoms with E-state index < -0.39 is 0 Å². The first-order valence-electron chi connectivity index (χ1n) is 7.84. The summed E-state index contributed by atoms with van der Waals surface area (Å²) in [5.74, 6) is 0.128. The van der Waals surface area contributed by atoms with Crippen LogP contribution in [0, 0.1) is 6.92 Å². The lowest BCUT2D eigenvalue weighted by atomic mass is 9.87. The number of rotatable bonds is 2. The molecule has 2 aliphatic heterocycles. The van der Waals surface area contributed by atoms with Crippen molar-refractivity contribution in [2.75, 3.05) is 26.3 Å². The Balaban J connectivity index is 1.83. The first kappa shape index (κ1) is 14.5. The molecule has 0 aliphatic carbocycles. The minimum absolute atomic E-state index is 0.121. The minimum atomic E-state index is -0.121. The summed E-state index contributed by atoms with van der Waals surface area (Å²) in [6, 6.07) is 8.48. The Bertz CT molecular complexity index is 490. The lowest BCUT2D eigenvalue weighted by molar-refractivity contribution is -0.160. The molecule has 1 aromatic rings. The molecule has 1 spiro atoms. The fraction of sp³-hybridized carbons (Fsp3) is 0.588. The van der Waals surface area contributed by atoms with E-state index in [9.17, 15) is 4.79 Å². The second-order valence-electron chi connectivity index (χ2n) is 6.29. The maximum absolute atomic E-state index is 12.4. The predicted molar refractivity (Wildman–Crippen MR) is 82.0 cm³/mol. The van der Waals surface area contributed by atoms with Crippen LogP contribution >= 0.6 is 0 Å². The second-order valence-corrected chi connectivity index (χ2v) is 6.29. The second kappa shape index (κ2) is 6.16. The quantitative estimate of drug-likeness (QED) is 0.903. The van der Waals surface area contributed by atoms with Crippen LogP contribution in [0.2, 0.25) is 0 Å². The number of hydrogen-bond donors (Lipinski definition) is 1. The molecule has 1 N–H and O–H groups in total. The van der Waals surface area contributed by atoms with Crippen LogP contribution in [0.4, 0.5) is 0 Å². The van der Waals surface area contributed by atoms with Crippen molar-refractivity contribution in [1.29, 1.82) is 0 Å². The van der Waals surface area contributed by atoms with Crippen LogP contribution in [-0.4, -0.2) is 42.6 Å². The molecular weight excluding hydrogens is 264 g/mol. The zero-order valence-electron chi connectivity index (χ0n) is 12.7. The minimum Gasteiger partial charge on any atom is -0.369 e. The lowest BCUT2D eigenvalue weighted by Gasteiger charge is -2.46. The maximum Gasteiger partial charge on any atom is 0.249 e. The fourth-order valence-corrected chi connectivity index (χ4v) is 3.41. The van der Waals surface area contributed by atoms with Gasteiger partial charge in [-0.1, -0.05) is 29.8 Å². The van der Waals surface area contributed by atoms with E-state index >= 15 is 0 Å². The van der Waals surface area contributed by atoms with Crippen molar-refractivity contribution in [3.63, 3.8) is 0 Å². The predicted octanol–water partition coefficient (Wildman–Crippen LogP) is 1.87. The molecule has 1 aromatic carbocycles. The van der Waals surface area contributed by atoms with Gasteiger partial charge in [-0.15, -0.1) is 0 Å². The van der Waals surface area contributed by atoms with Crippen molar-refractivity contribution >= 4 is 5.91 Å². The third kappa shape index (κ3) is 3.11. The number of aryl methyl sites for hydroxylation is 1. The Labute approximate surface area is 126 Å². The number of benzene rings is 1. The number of nitrogens with one attached hydrogen (secondary N) is 1. The molecule has 2 aliphatic rings. The zero-order chi connectivity index (χ0) is 14.7. The summed E-state index contributed by atoms with van der Waals surface area (Å²) in [6.07, 6.45) is 3.10. The molecular formula is C17H24N2O2. The van der Waals surface area contributed by atoms with Gasteiger partial charge in [0, 0.05) is 6.54 Å². The summed E-state index contributed by atoms with van der Waals surface area (Å²) in [7, 11) is 0. The van der Waals surface area contributed by atoms with Crippen molar-refractivity contribution in [2.45, 2.75) is 38.3 Å². The van der Waals surface area contributed by atoms with Crippen LogP contribution in [0.1, 0.15) is 30.4 Å². The Kier molecular flexibility index (Phi) is 4.27. The highest BCUT2D eigenvalue weighted by atomic mass is 16.5. The van der Waals surface area contributed by atoms with Crippen LogP contribution < -0.4 is 5.32 Å². The lowest BCUT2D eigenvalue weighted by Crippen LogP contribution is -2.59. The third-order valence-electron chi connectivity index (χ3n) is 4.69. The van der Waals surface area contributed by atoms with Crippen LogP contribution in [0.3, 0.4) is 0 Å². The van der Waals surface area contributed by atoms with E-state index in [4.69, 9.17) is 4.74 Å². The van der Waals surface area contributed by atoms with Crippen molar-refractivity contribution in [3.8, 4) is 0 Å². The van der Waals surface area contributed by atoms with Crippen LogP contribution in [0.5, 0.6) is 0 Å². The molecule has 2 heterocycles. The smallest absolute Gasteiger partial charge is 0.249 e. The standard InChI is InChI=1S/C17H24N2O2/c1-14-3-5-15(6-4-14)11-19-16(20)12-21-13-17(19)7-2-9-18-10-8-17/h3-6,18H,2,7-13H2,1H3. The number of carbonyl (C=O) groups excluding carboxylic acids is 1. The van der Waals surface area contributed by atoms with E-state index in [0.29, 0.717) is 13.2 Å². The Morgan fingerprint density at radius 2 is 2.05 bits per heavy atom. The highest BCUT2D eigenvalue weighted by Crippen LogP contribution is 2.32. The van der Waals surface area contributed by atoms with Crippen molar-refractivity contribution in [3.05, 3.63) is 35.4 Å². The van der Waals surface area contributed by atoms with Crippen LogP contribution in [0.15, 0.2) is 24.3 Å². The average molecular weight is 288 g/mol. The number of amides is 1. The summed E-state index contributed by atoms with van der Waals surface area (Å²) >= 11 is 0. The zero-order valence-corrected chi connectivity index (χ0v) is 12.7. The molecule has 4 heteroatoms. The highest BCUT2D eigenvalue weighted by molar-refractivity contribution is 5.79. The van der Waals surface area contributed by atoms with Gasteiger partial charge in [0.2, 0.25) is 5.91 Å². The van der Waals surface area contributed by atoms with E-state index in [1.165, 1.54) is 11.1 Å². The summed E-state index contributed by atoms with van der Waals surface area (Å²) in [4.78, 5) is 14.5. The molecule has 0 saturated carbocycles. The Morgan fingerprint density at radius 1 is 1.24 bits per heavy atom. The monoisotopic (exact) mass is 288 g/mol. The molecule has 4 nitrogen and oxygen atoms in total. The largest absolute Gasteiger partial charge is 0.369 e. The molecule has 0 aromatic heterocycles. The SMILES string of the molecule is Cc1ccc(CN2C(=O)COCC23CCCNCC3)cc1. The Morgan fingerprint density at radius 3 is 2.86 bits per heavy atom. The topological polar surface area (TPSA) is 41.6 Å². The highest BCUT2D eigenvalue weighted by Gasteiger charge is 2.43. The number of hydrogen-bond acceptors (Lipinski definition) is 3. The van der Waals surface area contributed by atoms with Gasteiger partial charge in [-0.05, 0) is 44.8 Å². The number of nitrogens with zero attached hydrogens (tertiary/aromatic N) is 1. The molecule has 1 atom stereocenters. The normalized spacial score (nSPS) is 26.9. The van der Waals surface area contributed by atoms with Gasteiger partial charge < -0.3 is 15.0 Å². The van der Waals surface area contributed by atoms with Gasteiger partial charge in [0.15, 0.2) is 0 Å². The van der Waals surface area contributed by atoms with Gasteiger partial charge >= 0.3 is 0 Å². The van der Waals surface area contributed by atoms with Crippen LogP contribution in [-0.2, 0) is 16.1 Å². The molecule has 3 rings (SSSR count). The number of morpholine rings is 1. The van der Waals surface area contributed by atoms with E-state index in [1.807, 2.05) is 0 Å². The molecule has 2 fully saturated rings. The molecule has 0 radical (unpaired) electrons. The number of ether oxygens (including phenoxy) is 1. The summed E-state index contributed by atoms with van der Waals surface area (Å²) in [6.45, 7) is 5.67. The van der Waals surface area contributed by atoms with Crippen molar-refractivity contribution < 1.29 is 9.53 Å². The average Bonchev–Trinajstić information content (AvgIpc) is 2.72. The Hall–Kier alpha value is -1.39. The van der Waals surface area contributed by atoms with Gasteiger partial charge in [0.1, 0.15) is 6.61 Å². The summed E-state index contributed by atoms with van der Waals surface area (Å²) in [5, 5.41) is 3.43. The molecule has 0 bridgehead atoms. The molecule has 2 saturated heterocycles. The van der Waals surface area contributed by atoms with E-state index in [0.717, 1.165) is 32.4 Å². The first-order chi connectivity index (χ1) is 10.2. The van der Waals surface area contributed by atoms with Gasteiger partial charge in [-0.25, -0.2) is 0 Å². The van der Waals surface area contributed by atoms with E-state index in [1.54, 1.807) is 0 Å². The summed E-state index contributed by atoms with van der Waals surface area (Å²) in [5.41, 5.74) is 2.33. The van der Waals surface area contributed by atoms with E-state index in [2.05, 4.69) is 41.4 Å². The van der Waals surface area contributed by atoms with Gasteiger partial charge in [0.25, 0.3) is 0 Å². The summed E-state index contributed by atoms with van der Waals surface area (Å²) < 4.78 is 5.60. The molecule has 1 amide bonds. The first-order valence-corrected chi connectivity index (χ1v) is 7.84. The van der Waals surface area contributed by atoms with Gasteiger partial charge in [-0.3, -0.25) is 4.79 Å². The van der Waals surface area contributed by atoms with Gasteiger partial charge in [-0.2, -0.15) is 0 Å². The van der Waals surface area contributed by atoms with Gasteiger partial charge in [0.05, 0.1) is 12.1 Å². The van der Waals surface area contributed by atoms with E-state index in [-0.39, 0.29) is 18.1 Å². The molecule has 1 unspecified atom stereocenters.